The molecule has 5 nitrogen and oxygen atoms in total. The van der Waals surface area contributed by atoms with Crippen LogP contribution in [-0.4, -0.2) is 39.3 Å². The van der Waals surface area contributed by atoms with Crippen LogP contribution in [0.3, 0.4) is 0 Å². The molecule has 5 heteroatoms. The quantitative estimate of drug-likeness (QED) is 0.864. The summed E-state index contributed by atoms with van der Waals surface area (Å²) < 4.78 is 5.18. The predicted molar refractivity (Wildman–Crippen MR) is 68.0 cm³/mol. The monoisotopic (exact) mass is 253 g/mol. The van der Waals surface area contributed by atoms with Crippen molar-refractivity contribution in [1.29, 1.82) is 0 Å². The van der Waals surface area contributed by atoms with Crippen molar-refractivity contribution >= 4 is 0 Å². The van der Waals surface area contributed by atoms with Crippen LogP contribution in [0.2, 0.25) is 0 Å². The van der Waals surface area contributed by atoms with Gasteiger partial charge in [-0.3, -0.25) is 4.90 Å². The van der Waals surface area contributed by atoms with E-state index in [0.717, 1.165) is 57.0 Å². The highest BCUT2D eigenvalue weighted by molar-refractivity contribution is 4.87. The van der Waals surface area contributed by atoms with Crippen LogP contribution in [0.25, 0.3) is 0 Å². The maximum absolute atomic E-state index is 9.56. The predicted octanol–water partition coefficient (Wildman–Crippen LogP) is 1.61. The second-order valence-corrected chi connectivity index (χ2v) is 5.21. The smallest absolute Gasteiger partial charge is 0.226 e. The van der Waals surface area contributed by atoms with Crippen molar-refractivity contribution in [2.75, 3.05) is 13.1 Å². The Hall–Kier alpha value is -0.940. The fourth-order valence-electron chi connectivity index (χ4n) is 2.46. The van der Waals surface area contributed by atoms with Crippen LogP contribution in [0.1, 0.15) is 44.8 Å². The third-order valence-corrected chi connectivity index (χ3v) is 3.65. The molecule has 1 aliphatic heterocycles. The lowest BCUT2D eigenvalue weighted by atomic mass is 9.92. The van der Waals surface area contributed by atoms with E-state index in [1.807, 2.05) is 6.92 Å². The second kappa shape index (κ2) is 6.29. The third-order valence-electron chi connectivity index (χ3n) is 3.65. The molecular weight excluding hydrogens is 230 g/mol. The van der Waals surface area contributed by atoms with Gasteiger partial charge in [0.05, 0.1) is 12.6 Å². The van der Waals surface area contributed by atoms with Crippen LogP contribution in [0.4, 0.5) is 0 Å². The van der Waals surface area contributed by atoms with E-state index in [1.165, 1.54) is 0 Å². The Morgan fingerprint density at radius 1 is 1.44 bits per heavy atom. The summed E-state index contributed by atoms with van der Waals surface area (Å²) in [6.07, 6.45) is 3.81. The summed E-state index contributed by atoms with van der Waals surface area (Å²) in [7, 11) is 0. The topological polar surface area (TPSA) is 62.4 Å². The number of likely N-dealkylation sites (tertiary alicyclic amines) is 1. The minimum absolute atomic E-state index is 0.187. The van der Waals surface area contributed by atoms with Crippen LogP contribution in [-0.2, 0) is 13.0 Å². The number of aliphatic hydroxyl groups excluding tert-OH is 1. The summed E-state index contributed by atoms with van der Waals surface area (Å²) in [5.74, 6) is 1.97. The lowest BCUT2D eigenvalue weighted by Gasteiger charge is -2.32. The van der Waals surface area contributed by atoms with E-state index in [0.29, 0.717) is 5.92 Å². The Morgan fingerprint density at radius 2 is 2.17 bits per heavy atom. The molecule has 0 aromatic carbocycles. The van der Waals surface area contributed by atoms with Crippen molar-refractivity contribution in [3.05, 3.63) is 11.7 Å². The van der Waals surface area contributed by atoms with Crippen LogP contribution < -0.4 is 0 Å². The Balaban J connectivity index is 1.80. The number of nitrogens with zero attached hydrogens (tertiary/aromatic N) is 3. The molecule has 102 valence electrons. The molecular formula is C13H23N3O2. The number of hydrogen-bond donors (Lipinski definition) is 1. The van der Waals surface area contributed by atoms with E-state index in [9.17, 15) is 5.11 Å². The molecule has 1 atom stereocenters. The van der Waals surface area contributed by atoms with Gasteiger partial charge in [-0.05, 0) is 45.2 Å². The summed E-state index contributed by atoms with van der Waals surface area (Å²) in [6, 6.07) is 0. The van der Waals surface area contributed by atoms with Gasteiger partial charge in [0.2, 0.25) is 5.89 Å². The lowest BCUT2D eigenvalue weighted by Crippen LogP contribution is -2.36. The highest BCUT2D eigenvalue weighted by atomic mass is 16.5. The van der Waals surface area contributed by atoms with E-state index in [4.69, 9.17) is 4.52 Å². The fourth-order valence-corrected chi connectivity index (χ4v) is 2.46. The van der Waals surface area contributed by atoms with Crippen molar-refractivity contribution in [3.8, 4) is 0 Å². The van der Waals surface area contributed by atoms with E-state index in [2.05, 4.69) is 22.0 Å². The van der Waals surface area contributed by atoms with Crippen molar-refractivity contribution in [2.45, 2.75) is 52.2 Å². The maximum atomic E-state index is 9.56. The number of rotatable bonds is 5. The van der Waals surface area contributed by atoms with Gasteiger partial charge in [-0.15, -0.1) is 0 Å². The minimum atomic E-state index is -0.187. The zero-order valence-electron chi connectivity index (χ0n) is 11.3. The standard InChI is InChI=1S/C13H23N3O2/c1-3-4-13-14-12(15-18-13)9-16-7-5-11(6-8-16)10(2)17/h10-11,17H,3-9H2,1-2H3. The summed E-state index contributed by atoms with van der Waals surface area (Å²) >= 11 is 0. The van der Waals surface area contributed by atoms with Gasteiger partial charge < -0.3 is 9.63 Å². The van der Waals surface area contributed by atoms with Gasteiger partial charge in [-0.25, -0.2) is 0 Å². The molecule has 0 aliphatic carbocycles. The average Bonchev–Trinajstić information content (AvgIpc) is 2.78. The zero-order chi connectivity index (χ0) is 13.0. The maximum Gasteiger partial charge on any atom is 0.226 e. The Labute approximate surface area is 108 Å². The highest BCUT2D eigenvalue weighted by Gasteiger charge is 2.23. The van der Waals surface area contributed by atoms with Crippen LogP contribution in [0, 0.1) is 5.92 Å². The molecule has 1 aromatic rings. The van der Waals surface area contributed by atoms with Gasteiger partial charge >= 0.3 is 0 Å². The minimum Gasteiger partial charge on any atom is -0.393 e. The summed E-state index contributed by atoms with van der Waals surface area (Å²) in [5, 5.41) is 13.6. The van der Waals surface area contributed by atoms with Gasteiger partial charge in [0.15, 0.2) is 5.82 Å². The number of aryl methyl sites for hydroxylation is 1. The van der Waals surface area contributed by atoms with Crippen LogP contribution in [0.15, 0.2) is 4.52 Å². The molecule has 0 bridgehead atoms. The van der Waals surface area contributed by atoms with Gasteiger partial charge in [-0.1, -0.05) is 12.1 Å². The molecule has 0 spiro atoms. The molecule has 1 saturated heterocycles. The number of aliphatic hydroxyl groups is 1. The van der Waals surface area contributed by atoms with Gasteiger partial charge in [-0.2, -0.15) is 4.98 Å². The second-order valence-electron chi connectivity index (χ2n) is 5.21. The molecule has 2 heterocycles. The first-order valence-corrected chi connectivity index (χ1v) is 6.91. The van der Waals surface area contributed by atoms with E-state index in [-0.39, 0.29) is 6.10 Å². The summed E-state index contributed by atoms with van der Waals surface area (Å²) in [5.41, 5.74) is 0. The van der Waals surface area contributed by atoms with Crippen molar-refractivity contribution in [1.82, 2.24) is 15.0 Å². The molecule has 0 amide bonds. The number of piperidine rings is 1. The molecule has 1 unspecified atom stereocenters. The Morgan fingerprint density at radius 3 is 2.78 bits per heavy atom. The van der Waals surface area contributed by atoms with Gasteiger partial charge in [0, 0.05) is 6.42 Å². The fraction of sp³-hybridized carbons (Fsp3) is 0.846. The molecule has 1 aliphatic rings. The average molecular weight is 253 g/mol. The highest BCUT2D eigenvalue weighted by Crippen LogP contribution is 2.21. The first kappa shape index (κ1) is 13.5. The van der Waals surface area contributed by atoms with E-state index >= 15 is 0 Å². The molecule has 0 radical (unpaired) electrons. The Kier molecular flexibility index (Phi) is 4.72. The first-order chi connectivity index (χ1) is 8.69. The molecule has 1 fully saturated rings. The third kappa shape index (κ3) is 3.53. The molecule has 0 saturated carbocycles. The van der Waals surface area contributed by atoms with Crippen LogP contribution in [0.5, 0.6) is 0 Å². The normalized spacial score (nSPS) is 20.2. The SMILES string of the molecule is CCCc1nc(CN2CCC(C(C)O)CC2)no1. The molecule has 1 aromatic heterocycles. The van der Waals surface area contributed by atoms with E-state index in [1.54, 1.807) is 0 Å². The summed E-state index contributed by atoms with van der Waals surface area (Å²) in [4.78, 5) is 6.71. The Bertz CT molecular complexity index is 357. The largest absolute Gasteiger partial charge is 0.393 e. The van der Waals surface area contributed by atoms with Crippen molar-refractivity contribution in [3.63, 3.8) is 0 Å². The van der Waals surface area contributed by atoms with Gasteiger partial charge in [0.25, 0.3) is 0 Å². The molecule has 2 rings (SSSR count). The zero-order valence-corrected chi connectivity index (χ0v) is 11.3. The number of hydrogen-bond acceptors (Lipinski definition) is 5. The van der Waals surface area contributed by atoms with Crippen molar-refractivity contribution in [2.24, 2.45) is 5.92 Å². The van der Waals surface area contributed by atoms with Gasteiger partial charge in [0.1, 0.15) is 0 Å². The van der Waals surface area contributed by atoms with E-state index < -0.39 is 0 Å². The summed E-state index contributed by atoms with van der Waals surface area (Å²) in [6.45, 7) is 6.77. The lowest BCUT2D eigenvalue weighted by molar-refractivity contribution is 0.0684. The van der Waals surface area contributed by atoms with Crippen LogP contribution >= 0.6 is 0 Å². The number of aromatic nitrogens is 2. The molecule has 18 heavy (non-hydrogen) atoms. The molecule has 1 N–H and O–H groups in total. The van der Waals surface area contributed by atoms with Crippen molar-refractivity contribution < 1.29 is 9.63 Å². The first-order valence-electron chi connectivity index (χ1n) is 6.91.